The molecule has 19 heavy (non-hydrogen) atoms. The topological polar surface area (TPSA) is 121 Å². The van der Waals surface area contributed by atoms with Crippen LogP contribution in [0.25, 0.3) is 11.1 Å². The summed E-state index contributed by atoms with van der Waals surface area (Å²) in [6.45, 7) is 0. The van der Waals surface area contributed by atoms with E-state index in [2.05, 4.69) is 9.97 Å². The molecule has 0 aliphatic carbocycles. The Bertz CT molecular complexity index is 674. The predicted octanol–water partition coefficient (Wildman–Crippen LogP) is 1.71. The Hall–Kier alpha value is -2.05. The molecule has 0 aliphatic rings. The standard InChI is InChI=1S/C11H9Cl2N5O/c12-4-1-2-5(6(13)3-4)7-8(10(15)19)17-11(16)18-9(7)14/h1-3H,(H2,15,19)(H4,14,16,17,18). The zero-order valence-corrected chi connectivity index (χ0v) is 11.0. The van der Waals surface area contributed by atoms with Gasteiger partial charge in [0.05, 0.1) is 10.6 Å². The number of benzene rings is 1. The van der Waals surface area contributed by atoms with E-state index in [-0.39, 0.29) is 23.0 Å². The van der Waals surface area contributed by atoms with Crippen molar-refractivity contribution in [3.63, 3.8) is 0 Å². The maximum absolute atomic E-state index is 11.4. The first-order chi connectivity index (χ1) is 8.90. The molecule has 0 spiro atoms. The van der Waals surface area contributed by atoms with Gasteiger partial charge in [-0.1, -0.05) is 29.3 Å². The van der Waals surface area contributed by atoms with Crippen LogP contribution in [0, 0.1) is 0 Å². The van der Waals surface area contributed by atoms with E-state index in [0.717, 1.165) is 0 Å². The van der Waals surface area contributed by atoms with Crippen LogP contribution < -0.4 is 17.2 Å². The average molecular weight is 298 g/mol. The van der Waals surface area contributed by atoms with E-state index < -0.39 is 5.91 Å². The van der Waals surface area contributed by atoms with E-state index >= 15 is 0 Å². The summed E-state index contributed by atoms with van der Waals surface area (Å²) in [5.74, 6) is -0.896. The second-order valence-corrected chi connectivity index (χ2v) is 4.52. The van der Waals surface area contributed by atoms with Crippen LogP contribution in [0.3, 0.4) is 0 Å². The van der Waals surface area contributed by atoms with Crippen molar-refractivity contribution in [3.05, 3.63) is 33.9 Å². The van der Waals surface area contributed by atoms with Crippen molar-refractivity contribution in [2.24, 2.45) is 5.73 Å². The molecule has 0 unspecified atom stereocenters. The van der Waals surface area contributed by atoms with E-state index in [4.69, 9.17) is 40.4 Å². The molecule has 1 amide bonds. The van der Waals surface area contributed by atoms with E-state index in [9.17, 15) is 4.79 Å². The minimum Gasteiger partial charge on any atom is -0.383 e. The molecule has 1 heterocycles. The van der Waals surface area contributed by atoms with E-state index in [1.165, 1.54) is 6.07 Å². The Labute approximate surface area is 118 Å². The predicted molar refractivity (Wildman–Crippen MR) is 74.8 cm³/mol. The van der Waals surface area contributed by atoms with Crippen molar-refractivity contribution in [1.82, 2.24) is 9.97 Å². The number of nitrogens with two attached hydrogens (primary N) is 3. The number of amides is 1. The Kier molecular flexibility index (Phi) is 3.46. The normalized spacial score (nSPS) is 10.4. The highest BCUT2D eigenvalue weighted by Gasteiger charge is 2.19. The third-order valence-electron chi connectivity index (χ3n) is 2.39. The maximum Gasteiger partial charge on any atom is 0.268 e. The van der Waals surface area contributed by atoms with Crippen molar-refractivity contribution < 1.29 is 4.79 Å². The molecule has 8 heteroatoms. The molecule has 0 saturated carbocycles. The minimum atomic E-state index is -0.776. The van der Waals surface area contributed by atoms with Crippen LogP contribution in [-0.2, 0) is 0 Å². The van der Waals surface area contributed by atoms with Crippen LogP contribution in [0.1, 0.15) is 10.5 Å². The van der Waals surface area contributed by atoms with Gasteiger partial charge in [-0.15, -0.1) is 0 Å². The van der Waals surface area contributed by atoms with Gasteiger partial charge >= 0.3 is 0 Å². The first kappa shape index (κ1) is 13.4. The molecule has 6 nitrogen and oxygen atoms in total. The van der Waals surface area contributed by atoms with Gasteiger partial charge in [0.1, 0.15) is 11.5 Å². The number of carbonyl (C=O) groups excluding carboxylic acids is 1. The third kappa shape index (κ3) is 2.54. The average Bonchev–Trinajstić information content (AvgIpc) is 2.29. The fraction of sp³-hybridized carbons (Fsp3) is 0. The quantitative estimate of drug-likeness (QED) is 0.779. The molecular weight excluding hydrogens is 289 g/mol. The third-order valence-corrected chi connectivity index (χ3v) is 2.94. The zero-order valence-electron chi connectivity index (χ0n) is 9.52. The van der Waals surface area contributed by atoms with Crippen molar-refractivity contribution >= 4 is 40.9 Å². The highest BCUT2D eigenvalue weighted by Crippen LogP contribution is 2.35. The van der Waals surface area contributed by atoms with Gasteiger partial charge in [0.2, 0.25) is 5.95 Å². The van der Waals surface area contributed by atoms with Crippen molar-refractivity contribution in [3.8, 4) is 11.1 Å². The lowest BCUT2D eigenvalue weighted by molar-refractivity contribution is 0.0996. The van der Waals surface area contributed by atoms with E-state index in [0.29, 0.717) is 15.6 Å². The highest BCUT2D eigenvalue weighted by molar-refractivity contribution is 6.36. The monoisotopic (exact) mass is 297 g/mol. The number of hydrogen-bond donors (Lipinski definition) is 3. The van der Waals surface area contributed by atoms with E-state index in [1.54, 1.807) is 12.1 Å². The Morgan fingerprint density at radius 2 is 1.84 bits per heavy atom. The summed E-state index contributed by atoms with van der Waals surface area (Å²) < 4.78 is 0. The number of hydrogen-bond acceptors (Lipinski definition) is 5. The molecule has 1 aromatic carbocycles. The molecule has 0 fully saturated rings. The molecule has 0 aliphatic heterocycles. The smallest absolute Gasteiger partial charge is 0.268 e. The van der Waals surface area contributed by atoms with Gasteiger partial charge < -0.3 is 17.2 Å². The molecule has 0 saturated heterocycles. The summed E-state index contributed by atoms with van der Waals surface area (Å²) >= 11 is 11.9. The van der Waals surface area contributed by atoms with Crippen LogP contribution in [0.4, 0.5) is 11.8 Å². The first-order valence-electron chi connectivity index (χ1n) is 5.08. The molecule has 0 radical (unpaired) electrons. The van der Waals surface area contributed by atoms with Crippen molar-refractivity contribution in [2.45, 2.75) is 0 Å². The number of nitrogens with zero attached hydrogens (tertiary/aromatic N) is 2. The SMILES string of the molecule is NC(=O)c1nc(N)nc(N)c1-c1ccc(Cl)cc1Cl. The number of primary amides is 1. The van der Waals surface area contributed by atoms with Gasteiger partial charge in [-0.2, -0.15) is 4.98 Å². The highest BCUT2D eigenvalue weighted by atomic mass is 35.5. The van der Waals surface area contributed by atoms with Gasteiger partial charge in [0, 0.05) is 10.6 Å². The molecule has 0 bridgehead atoms. The number of nitrogen functional groups attached to an aromatic ring is 2. The molecule has 0 atom stereocenters. The molecule has 6 N–H and O–H groups in total. The molecule has 98 valence electrons. The van der Waals surface area contributed by atoms with Gasteiger partial charge in [0.25, 0.3) is 5.91 Å². The summed E-state index contributed by atoms with van der Waals surface area (Å²) in [7, 11) is 0. The summed E-state index contributed by atoms with van der Waals surface area (Å²) in [4.78, 5) is 19.0. The van der Waals surface area contributed by atoms with Crippen LogP contribution in [-0.4, -0.2) is 15.9 Å². The lowest BCUT2D eigenvalue weighted by Crippen LogP contribution is -2.18. The Morgan fingerprint density at radius 1 is 1.16 bits per heavy atom. The van der Waals surface area contributed by atoms with Gasteiger partial charge in [-0.3, -0.25) is 4.79 Å². The van der Waals surface area contributed by atoms with Crippen molar-refractivity contribution in [1.29, 1.82) is 0 Å². The molecule has 2 aromatic rings. The van der Waals surface area contributed by atoms with Crippen LogP contribution in [0.2, 0.25) is 10.0 Å². The zero-order chi connectivity index (χ0) is 14.2. The maximum atomic E-state index is 11.4. The number of anilines is 2. The summed E-state index contributed by atoms with van der Waals surface area (Å²) in [6.07, 6.45) is 0. The molecule has 1 aromatic heterocycles. The Morgan fingerprint density at radius 3 is 2.42 bits per heavy atom. The Balaban J connectivity index is 2.77. The fourth-order valence-corrected chi connectivity index (χ4v) is 2.14. The van der Waals surface area contributed by atoms with Gasteiger partial charge in [-0.05, 0) is 12.1 Å². The lowest BCUT2D eigenvalue weighted by atomic mass is 10.0. The summed E-state index contributed by atoms with van der Waals surface area (Å²) in [6, 6.07) is 4.71. The van der Waals surface area contributed by atoms with Crippen LogP contribution in [0.15, 0.2) is 18.2 Å². The van der Waals surface area contributed by atoms with Crippen molar-refractivity contribution in [2.75, 3.05) is 11.5 Å². The number of aromatic nitrogens is 2. The first-order valence-corrected chi connectivity index (χ1v) is 5.84. The largest absolute Gasteiger partial charge is 0.383 e. The second-order valence-electron chi connectivity index (χ2n) is 3.68. The summed E-state index contributed by atoms with van der Waals surface area (Å²) in [5.41, 5.74) is 17.1. The molecule has 2 rings (SSSR count). The second kappa shape index (κ2) is 4.91. The molecular formula is C11H9Cl2N5O. The fourth-order valence-electron chi connectivity index (χ4n) is 1.63. The minimum absolute atomic E-state index is 0.0190. The van der Waals surface area contributed by atoms with Crippen LogP contribution in [0.5, 0.6) is 0 Å². The van der Waals surface area contributed by atoms with Crippen LogP contribution >= 0.6 is 23.2 Å². The lowest BCUT2D eigenvalue weighted by Gasteiger charge is -2.11. The van der Waals surface area contributed by atoms with E-state index in [1.807, 2.05) is 0 Å². The van der Waals surface area contributed by atoms with Gasteiger partial charge in [0.15, 0.2) is 0 Å². The van der Waals surface area contributed by atoms with Gasteiger partial charge in [-0.25, -0.2) is 4.98 Å². The summed E-state index contributed by atoms with van der Waals surface area (Å²) in [5, 5.41) is 0.749. The number of carbonyl (C=O) groups is 1. The number of rotatable bonds is 2. The number of halogens is 2.